The van der Waals surface area contributed by atoms with E-state index in [0.29, 0.717) is 36.9 Å². The molecule has 0 atom stereocenters. The van der Waals surface area contributed by atoms with Gasteiger partial charge in [-0.3, -0.25) is 20.6 Å². The molecule has 0 heterocycles. The Labute approximate surface area is 213 Å². The molecule has 0 bridgehead atoms. The standard InChI is InChI=1S/C22H42Cl2N10/c23-15-5-9-17(10-6-15)31-21(27)33-19(25)29-13-3-1-2-4-14-30-20(26)34-22(28)32-18-11-7-16(24)8-12-18/h15-18H,1-14H2,(H5,25,27,29,31,33)(H5,26,28,30,32,34). The van der Waals surface area contributed by atoms with Crippen molar-refractivity contribution in [2.75, 3.05) is 13.1 Å². The molecule has 2 saturated carbocycles. The molecule has 34 heavy (non-hydrogen) atoms. The van der Waals surface area contributed by atoms with E-state index < -0.39 is 0 Å². The van der Waals surface area contributed by atoms with E-state index in [0.717, 1.165) is 77.0 Å². The molecule has 0 spiro atoms. The van der Waals surface area contributed by atoms with Crippen LogP contribution < -0.4 is 33.6 Å². The van der Waals surface area contributed by atoms with Crippen LogP contribution in [0.1, 0.15) is 77.0 Å². The van der Waals surface area contributed by atoms with Crippen molar-refractivity contribution in [1.29, 1.82) is 0 Å². The van der Waals surface area contributed by atoms with Gasteiger partial charge in [-0.15, -0.1) is 23.2 Å². The molecule has 0 unspecified atom stereocenters. The summed E-state index contributed by atoms with van der Waals surface area (Å²) in [7, 11) is 0. The molecule has 0 aliphatic heterocycles. The van der Waals surface area contributed by atoms with Crippen molar-refractivity contribution in [3.8, 4) is 0 Å². The summed E-state index contributed by atoms with van der Waals surface area (Å²) in [6, 6.07) is 0.420. The van der Waals surface area contributed by atoms with Gasteiger partial charge in [-0.05, 0) is 64.2 Å². The van der Waals surface area contributed by atoms with Crippen molar-refractivity contribution < 1.29 is 0 Å². The monoisotopic (exact) mass is 516 g/mol. The lowest BCUT2D eigenvalue weighted by molar-refractivity contribution is 0.448. The Kier molecular flexibility index (Phi) is 13.2. The molecule has 2 rings (SSSR count). The van der Waals surface area contributed by atoms with E-state index in [1.165, 1.54) is 0 Å². The smallest absolute Gasteiger partial charge is 0.195 e. The SMILES string of the molecule is NC(=NCCCCCCN=C(N)NC(N)=NC1CCC(Cl)CC1)NC(N)=NC1CCC(Cl)CC1. The Morgan fingerprint density at radius 2 is 0.912 bits per heavy atom. The molecule has 0 radical (unpaired) electrons. The van der Waals surface area contributed by atoms with Gasteiger partial charge in [0.25, 0.3) is 0 Å². The van der Waals surface area contributed by atoms with Crippen LogP contribution in [0.3, 0.4) is 0 Å². The molecule has 10 nitrogen and oxygen atoms in total. The van der Waals surface area contributed by atoms with Crippen LogP contribution in [0.25, 0.3) is 0 Å². The fourth-order valence-corrected chi connectivity index (χ4v) is 4.61. The maximum Gasteiger partial charge on any atom is 0.195 e. The first-order chi connectivity index (χ1) is 16.3. The predicted octanol–water partition coefficient (Wildman–Crippen LogP) is 2.08. The van der Waals surface area contributed by atoms with Gasteiger partial charge in [0.15, 0.2) is 23.8 Å². The Balaban J connectivity index is 1.52. The van der Waals surface area contributed by atoms with Crippen molar-refractivity contribution >= 4 is 47.0 Å². The first-order valence-electron chi connectivity index (χ1n) is 12.4. The minimum Gasteiger partial charge on any atom is -0.370 e. The molecule has 2 fully saturated rings. The number of hydrogen-bond donors (Lipinski definition) is 6. The summed E-state index contributed by atoms with van der Waals surface area (Å²) in [5, 5.41) is 6.25. The van der Waals surface area contributed by atoms with Gasteiger partial charge in [0, 0.05) is 23.8 Å². The van der Waals surface area contributed by atoms with E-state index in [4.69, 9.17) is 46.1 Å². The van der Waals surface area contributed by atoms with E-state index >= 15 is 0 Å². The van der Waals surface area contributed by atoms with Crippen LogP contribution in [0.2, 0.25) is 0 Å². The Bertz CT molecular complexity index is 648. The van der Waals surface area contributed by atoms with Crippen LogP contribution in [0.4, 0.5) is 0 Å². The third-order valence-corrected chi connectivity index (χ3v) is 6.91. The van der Waals surface area contributed by atoms with Gasteiger partial charge in [0.1, 0.15) is 0 Å². The molecule has 0 aromatic rings. The molecule has 12 heteroatoms. The molecule has 2 aliphatic carbocycles. The molecule has 0 aromatic carbocycles. The van der Waals surface area contributed by atoms with E-state index in [1.54, 1.807) is 0 Å². The predicted molar refractivity (Wildman–Crippen MR) is 145 cm³/mol. The van der Waals surface area contributed by atoms with E-state index in [9.17, 15) is 0 Å². The number of rotatable bonds is 9. The Morgan fingerprint density at radius 1 is 0.559 bits per heavy atom. The second-order valence-corrected chi connectivity index (χ2v) is 10.3. The molecule has 0 saturated heterocycles. The van der Waals surface area contributed by atoms with Crippen LogP contribution >= 0.6 is 23.2 Å². The van der Waals surface area contributed by atoms with Gasteiger partial charge in [-0.1, -0.05) is 12.8 Å². The summed E-state index contributed by atoms with van der Waals surface area (Å²) < 4.78 is 0. The highest BCUT2D eigenvalue weighted by Crippen LogP contribution is 2.25. The number of halogens is 2. The third kappa shape index (κ3) is 12.5. The van der Waals surface area contributed by atoms with E-state index in [1.807, 2.05) is 0 Å². The second kappa shape index (κ2) is 15.9. The minimum atomic E-state index is 0.210. The lowest BCUT2D eigenvalue weighted by Crippen LogP contribution is -2.42. The van der Waals surface area contributed by atoms with Gasteiger partial charge in [0.05, 0.1) is 12.1 Å². The number of hydrogen-bond acceptors (Lipinski definition) is 4. The summed E-state index contributed by atoms with van der Waals surface area (Å²) in [6.07, 6.45) is 11.6. The van der Waals surface area contributed by atoms with Crippen molar-refractivity contribution in [3.05, 3.63) is 0 Å². The van der Waals surface area contributed by atoms with Crippen molar-refractivity contribution in [2.24, 2.45) is 42.9 Å². The Morgan fingerprint density at radius 3 is 1.26 bits per heavy atom. The number of aliphatic imine (C=N–C) groups is 4. The fourth-order valence-electron chi connectivity index (χ4n) is 4.10. The van der Waals surface area contributed by atoms with E-state index in [2.05, 4.69) is 30.6 Å². The third-order valence-electron chi connectivity index (χ3n) is 6.04. The molecule has 194 valence electrons. The van der Waals surface area contributed by atoms with Gasteiger partial charge in [-0.25, -0.2) is 9.98 Å². The molecule has 0 aromatic heterocycles. The summed E-state index contributed by atoms with van der Waals surface area (Å²) >= 11 is 12.2. The summed E-state index contributed by atoms with van der Waals surface area (Å²) in [5.41, 5.74) is 23.6. The van der Waals surface area contributed by atoms with Gasteiger partial charge < -0.3 is 22.9 Å². The molecular formula is C22H42Cl2N10. The van der Waals surface area contributed by atoms with Crippen molar-refractivity contribution in [3.63, 3.8) is 0 Å². The number of nitrogens with zero attached hydrogens (tertiary/aromatic N) is 4. The largest absolute Gasteiger partial charge is 0.370 e. The fraction of sp³-hybridized carbons (Fsp3) is 0.818. The number of nitrogens with two attached hydrogens (primary N) is 4. The van der Waals surface area contributed by atoms with Gasteiger partial charge in [0.2, 0.25) is 0 Å². The Hall–Kier alpha value is -1.94. The van der Waals surface area contributed by atoms with E-state index in [-0.39, 0.29) is 22.8 Å². The van der Waals surface area contributed by atoms with Crippen molar-refractivity contribution in [1.82, 2.24) is 10.6 Å². The maximum absolute atomic E-state index is 6.12. The highest BCUT2D eigenvalue weighted by molar-refractivity contribution is 6.20. The summed E-state index contributed by atoms with van der Waals surface area (Å²) in [4.78, 5) is 17.6. The van der Waals surface area contributed by atoms with Crippen molar-refractivity contribution in [2.45, 2.75) is 99.9 Å². The number of nitrogens with one attached hydrogen (secondary N) is 2. The zero-order valence-corrected chi connectivity index (χ0v) is 21.6. The van der Waals surface area contributed by atoms with Crippen LogP contribution in [0.15, 0.2) is 20.0 Å². The van der Waals surface area contributed by atoms with Crippen LogP contribution in [0, 0.1) is 0 Å². The molecule has 10 N–H and O–H groups in total. The highest BCUT2D eigenvalue weighted by atomic mass is 35.5. The zero-order chi connectivity index (χ0) is 24.8. The zero-order valence-electron chi connectivity index (χ0n) is 20.1. The van der Waals surface area contributed by atoms with Crippen LogP contribution in [-0.4, -0.2) is 59.8 Å². The number of unbranched alkanes of at least 4 members (excludes halogenated alkanes) is 3. The molecule has 2 aliphatic rings. The lowest BCUT2D eigenvalue weighted by atomic mass is 9.96. The van der Waals surface area contributed by atoms with Gasteiger partial charge >= 0.3 is 0 Å². The van der Waals surface area contributed by atoms with Crippen LogP contribution in [0.5, 0.6) is 0 Å². The summed E-state index contributed by atoms with van der Waals surface area (Å²) in [6.45, 7) is 1.27. The van der Waals surface area contributed by atoms with Gasteiger partial charge in [-0.2, -0.15) is 0 Å². The maximum atomic E-state index is 6.12. The average molecular weight is 518 g/mol. The molecule has 0 amide bonds. The first kappa shape index (κ1) is 28.3. The highest BCUT2D eigenvalue weighted by Gasteiger charge is 2.20. The first-order valence-corrected chi connectivity index (χ1v) is 13.3. The summed E-state index contributed by atoms with van der Waals surface area (Å²) in [5.74, 6) is 1.23. The average Bonchev–Trinajstić information content (AvgIpc) is 2.78. The quantitative estimate of drug-likeness (QED) is 0.118. The number of alkyl halides is 2. The topological polar surface area (TPSA) is 178 Å². The second-order valence-electron chi connectivity index (χ2n) is 9.04. The normalized spacial score (nSPS) is 27.5. The number of guanidine groups is 4. The lowest BCUT2D eigenvalue weighted by Gasteiger charge is -2.22. The minimum absolute atomic E-state index is 0.210. The molecular weight excluding hydrogens is 475 g/mol. The van der Waals surface area contributed by atoms with Crippen LogP contribution in [-0.2, 0) is 0 Å².